The van der Waals surface area contributed by atoms with Gasteiger partial charge in [-0.15, -0.1) is 0 Å². The molecule has 0 atom stereocenters. The number of hydrogen-bond acceptors (Lipinski definition) is 5. The molecule has 1 N–H and O–H groups in total. The third-order valence-corrected chi connectivity index (χ3v) is 2.87. The Balaban J connectivity index is 2.06. The van der Waals surface area contributed by atoms with E-state index in [2.05, 4.69) is 25.4 Å². The summed E-state index contributed by atoms with van der Waals surface area (Å²) in [7, 11) is 1.88. The van der Waals surface area contributed by atoms with Crippen LogP contribution in [0.4, 0.5) is 5.82 Å². The van der Waals surface area contributed by atoms with Crippen LogP contribution in [0.3, 0.4) is 0 Å². The molecule has 7 heteroatoms. The second-order valence-corrected chi connectivity index (χ2v) is 4.26. The van der Waals surface area contributed by atoms with Gasteiger partial charge in [-0.05, 0) is 6.92 Å². The molecule has 0 bridgehead atoms. The minimum atomic E-state index is 0.597. The number of hydrogen-bond donors (Lipinski definition) is 1. The second kappa shape index (κ2) is 4.68. The van der Waals surface area contributed by atoms with Crippen LogP contribution in [0.25, 0.3) is 11.0 Å². The lowest BCUT2D eigenvalue weighted by atomic mass is 10.3. The van der Waals surface area contributed by atoms with Gasteiger partial charge in [-0.1, -0.05) is 0 Å². The van der Waals surface area contributed by atoms with Crippen LogP contribution in [-0.2, 0) is 13.6 Å². The van der Waals surface area contributed by atoms with E-state index in [1.54, 1.807) is 23.4 Å². The van der Waals surface area contributed by atoms with E-state index < -0.39 is 0 Å². The highest BCUT2D eigenvalue weighted by atomic mass is 15.3. The lowest BCUT2D eigenvalue weighted by Gasteiger charge is -2.07. The SMILES string of the molecule is CCNc1nc(Cn2ccnc2)nc2c1cnn2C. The molecule has 0 radical (unpaired) electrons. The molecule has 3 aromatic rings. The minimum Gasteiger partial charge on any atom is -0.370 e. The number of imidazole rings is 1. The molecule has 0 fully saturated rings. The number of aromatic nitrogens is 6. The molecular formula is C12H15N7. The van der Waals surface area contributed by atoms with Crippen LogP contribution >= 0.6 is 0 Å². The molecule has 0 aliphatic rings. The van der Waals surface area contributed by atoms with Gasteiger partial charge in [-0.3, -0.25) is 4.68 Å². The zero-order valence-electron chi connectivity index (χ0n) is 10.9. The molecule has 3 heterocycles. The average Bonchev–Trinajstić information content (AvgIpc) is 3.01. The lowest BCUT2D eigenvalue weighted by molar-refractivity contribution is 0.735. The Labute approximate surface area is 110 Å². The van der Waals surface area contributed by atoms with E-state index in [4.69, 9.17) is 0 Å². The van der Waals surface area contributed by atoms with Crippen LogP contribution in [0.15, 0.2) is 24.9 Å². The smallest absolute Gasteiger partial charge is 0.163 e. The van der Waals surface area contributed by atoms with Crippen molar-refractivity contribution < 1.29 is 0 Å². The lowest BCUT2D eigenvalue weighted by Crippen LogP contribution is -2.08. The maximum atomic E-state index is 4.55. The molecule has 0 unspecified atom stereocenters. The van der Waals surface area contributed by atoms with Crippen molar-refractivity contribution in [2.75, 3.05) is 11.9 Å². The molecule has 7 nitrogen and oxygen atoms in total. The van der Waals surface area contributed by atoms with Crippen LogP contribution in [0, 0.1) is 0 Å². The third-order valence-electron chi connectivity index (χ3n) is 2.87. The number of anilines is 1. The van der Waals surface area contributed by atoms with Gasteiger partial charge < -0.3 is 9.88 Å². The topological polar surface area (TPSA) is 73.5 Å². The zero-order chi connectivity index (χ0) is 13.2. The van der Waals surface area contributed by atoms with E-state index in [0.29, 0.717) is 6.54 Å². The maximum absolute atomic E-state index is 4.55. The van der Waals surface area contributed by atoms with Crippen molar-refractivity contribution in [2.45, 2.75) is 13.5 Å². The zero-order valence-corrected chi connectivity index (χ0v) is 10.9. The number of nitrogens with zero attached hydrogens (tertiary/aromatic N) is 6. The van der Waals surface area contributed by atoms with E-state index in [9.17, 15) is 0 Å². The van der Waals surface area contributed by atoms with E-state index in [0.717, 1.165) is 29.2 Å². The summed E-state index contributed by atoms with van der Waals surface area (Å²) in [6, 6.07) is 0. The maximum Gasteiger partial charge on any atom is 0.163 e. The van der Waals surface area contributed by atoms with Crippen LogP contribution in [0.5, 0.6) is 0 Å². The van der Waals surface area contributed by atoms with E-state index >= 15 is 0 Å². The van der Waals surface area contributed by atoms with E-state index in [-0.39, 0.29) is 0 Å². The molecule has 0 aliphatic carbocycles. The summed E-state index contributed by atoms with van der Waals surface area (Å²) in [5.41, 5.74) is 0.834. The first-order valence-electron chi connectivity index (χ1n) is 6.16. The first-order valence-corrected chi connectivity index (χ1v) is 6.16. The summed E-state index contributed by atoms with van der Waals surface area (Å²) in [4.78, 5) is 13.1. The number of rotatable bonds is 4. The molecule has 3 rings (SSSR count). The number of aryl methyl sites for hydroxylation is 1. The van der Waals surface area contributed by atoms with Crippen LogP contribution < -0.4 is 5.32 Å². The van der Waals surface area contributed by atoms with Gasteiger partial charge in [-0.25, -0.2) is 15.0 Å². The molecule has 3 aromatic heterocycles. The van der Waals surface area contributed by atoms with Crippen molar-refractivity contribution in [2.24, 2.45) is 7.05 Å². The fourth-order valence-corrected chi connectivity index (χ4v) is 1.98. The van der Waals surface area contributed by atoms with Crippen molar-refractivity contribution >= 4 is 16.9 Å². The quantitative estimate of drug-likeness (QED) is 0.756. The predicted molar refractivity (Wildman–Crippen MR) is 71.8 cm³/mol. The third kappa shape index (κ3) is 2.14. The number of fused-ring (bicyclic) bond motifs is 1. The van der Waals surface area contributed by atoms with Crippen molar-refractivity contribution in [1.29, 1.82) is 0 Å². The molecular weight excluding hydrogens is 242 g/mol. The van der Waals surface area contributed by atoms with Gasteiger partial charge >= 0.3 is 0 Å². The normalized spacial score (nSPS) is 11.1. The average molecular weight is 257 g/mol. The molecule has 0 saturated carbocycles. The summed E-state index contributed by atoms with van der Waals surface area (Å²) < 4.78 is 3.70. The molecule has 0 aromatic carbocycles. The van der Waals surface area contributed by atoms with E-state index in [1.165, 1.54) is 0 Å². The Morgan fingerprint density at radius 1 is 1.32 bits per heavy atom. The van der Waals surface area contributed by atoms with Crippen molar-refractivity contribution in [1.82, 2.24) is 29.3 Å². The van der Waals surface area contributed by atoms with Gasteiger partial charge in [-0.2, -0.15) is 5.10 Å². The molecule has 0 aliphatic heterocycles. The van der Waals surface area contributed by atoms with Crippen molar-refractivity contribution in [3.05, 3.63) is 30.7 Å². The summed E-state index contributed by atoms with van der Waals surface area (Å²) in [5.74, 6) is 1.57. The summed E-state index contributed by atoms with van der Waals surface area (Å²) >= 11 is 0. The largest absolute Gasteiger partial charge is 0.370 e. The van der Waals surface area contributed by atoms with Crippen LogP contribution in [0.2, 0.25) is 0 Å². The summed E-state index contributed by atoms with van der Waals surface area (Å²) in [5, 5.41) is 8.43. The van der Waals surface area contributed by atoms with Gasteiger partial charge in [0.2, 0.25) is 0 Å². The van der Waals surface area contributed by atoms with Crippen molar-refractivity contribution in [3.63, 3.8) is 0 Å². The van der Waals surface area contributed by atoms with Crippen LogP contribution in [0.1, 0.15) is 12.7 Å². The standard InChI is InChI=1S/C12H15N7/c1-3-14-11-9-6-15-18(2)12(9)17-10(16-11)7-19-5-4-13-8-19/h4-6,8H,3,7H2,1-2H3,(H,14,16,17). The fraction of sp³-hybridized carbons (Fsp3) is 0.333. The monoisotopic (exact) mass is 257 g/mol. The van der Waals surface area contributed by atoms with Gasteiger partial charge in [0.05, 0.1) is 24.5 Å². The molecule has 19 heavy (non-hydrogen) atoms. The van der Waals surface area contributed by atoms with E-state index in [1.807, 2.05) is 24.7 Å². The van der Waals surface area contributed by atoms with Gasteiger partial charge in [0.25, 0.3) is 0 Å². The second-order valence-electron chi connectivity index (χ2n) is 4.26. The summed E-state index contributed by atoms with van der Waals surface area (Å²) in [6.07, 6.45) is 7.18. The Kier molecular flexibility index (Phi) is 2.86. The Hall–Kier alpha value is -2.44. The number of nitrogens with one attached hydrogen (secondary N) is 1. The minimum absolute atomic E-state index is 0.597. The molecule has 98 valence electrons. The highest BCUT2D eigenvalue weighted by Gasteiger charge is 2.11. The Morgan fingerprint density at radius 2 is 2.21 bits per heavy atom. The molecule has 0 amide bonds. The van der Waals surface area contributed by atoms with Gasteiger partial charge in [0.15, 0.2) is 11.5 Å². The Bertz CT molecular complexity index is 683. The molecule has 0 saturated heterocycles. The van der Waals surface area contributed by atoms with Crippen LogP contribution in [-0.4, -0.2) is 35.8 Å². The highest BCUT2D eigenvalue weighted by Crippen LogP contribution is 2.19. The highest BCUT2D eigenvalue weighted by molar-refractivity contribution is 5.86. The first-order chi connectivity index (χ1) is 9.28. The first kappa shape index (κ1) is 11.6. The predicted octanol–water partition coefficient (Wildman–Crippen LogP) is 1.04. The van der Waals surface area contributed by atoms with Gasteiger partial charge in [0.1, 0.15) is 5.82 Å². The van der Waals surface area contributed by atoms with Gasteiger partial charge in [0, 0.05) is 26.0 Å². The Morgan fingerprint density at radius 3 is 2.95 bits per heavy atom. The summed E-state index contributed by atoms with van der Waals surface area (Å²) in [6.45, 7) is 3.45. The van der Waals surface area contributed by atoms with Crippen molar-refractivity contribution in [3.8, 4) is 0 Å². The fourth-order valence-electron chi connectivity index (χ4n) is 1.98. The molecule has 0 spiro atoms.